The average molecular weight is 1520 g/mol. The molecule has 0 radical (unpaired) electrons. The Morgan fingerprint density at radius 1 is 0.339 bits per heavy atom. The van der Waals surface area contributed by atoms with E-state index in [0.29, 0.717) is 142 Å². The van der Waals surface area contributed by atoms with E-state index < -0.39 is 11.9 Å². The molecule has 109 heavy (non-hydrogen) atoms. The van der Waals surface area contributed by atoms with Crippen molar-refractivity contribution in [3.63, 3.8) is 0 Å². The summed E-state index contributed by atoms with van der Waals surface area (Å²) in [4.78, 5) is 110. The van der Waals surface area contributed by atoms with Crippen molar-refractivity contribution < 1.29 is 121 Å². The van der Waals surface area contributed by atoms with E-state index >= 15 is 0 Å². The van der Waals surface area contributed by atoms with Crippen LogP contribution in [0.5, 0.6) is 34.5 Å². The van der Waals surface area contributed by atoms with Crippen LogP contribution in [0.25, 0.3) is 0 Å². The number of ether oxygens (including phenoxy) is 10. The van der Waals surface area contributed by atoms with Crippen molar-refractivity contribution >= 4 is 48.3 Å². The van der Waals surface area contributed by atoms with Gasteiger partial charge in [-0.2, -0.15) is 0 Å². The molecular formula is C84H114O25. The fourth-order valence-corrected chi connectivity index (χ4v) is 11.3. The lowest BCUT2D eigenvalue weighted by molar-refractivity contribution is -0.337. The van der Waals surface area contributed by atoms with Crippen molar-refractivity contribution in [2.75, 3.05) is 52.9 Å². The Bertz CT molecular complexity index is 3200. The van der Waals surface area contributed by atoms with Crippen LogP contribution in [-0.4, -0.2) is 135 Å². The third-order valence-electron chi connectivity index (χ3n) is 17.8. The highest BCUT2D eigenvalue weighted by Crippen LogP contribution is 2.31. The second kappa shape index (κ2) is 58.5. The third kappa shape index (κ3) is 44.5. The van der Waals surface area contributed by atoms with E-state index in [2.05, 4.69) is 26.3 Å². The monoisotopic (exact) mass is 1520 g/mol. The van der Waals surface area contributed by atoms with E-state index in [-0.39, 0.29) is 71.7 Å². The van der Waals surface area contributed by atoms with Crippen LogP contribution in [0, 0.1) is 17.8 Å². The molecule has 0 saturated heterocycles. The number of carboxylic acids is 2. The number of esters is 5. The van der Waals surface area contributed by atoms with E-state index in [1.165, 1.54) is 24.3 Å². The predicted molar refractivity (Wildman–Crippen MR) is 405 cm³/mol. The van der Waals surface area contributed by atoms with Gasteiger partial charge in [0, 0.05) is 24.3 Å². The molecule has 0 aliphatic heterocycles. The maximum absolute atomic E-state index is 12.7. The lowest BCUT2D eigenvalue weighted by Gasteiger charge is -2.26. The molecule has 600 valence electrons. The van der Waals surface area contributed by atoms with Gasteiger partial charge in [-0.15, -0.1) is 0 Å². The van der Waals surface area contributed by atoms with Crippen LogP contribution in [0.2, 0.25) is 0 Å². The topological polar surface area (TPSA) is 326 Å². The first-order valence-corrected chi connectivity index (χ1v) is 38.1. The number of benzene rings is 4. The summed E-state index contributed by atoms with van der Waals surface area (Å²) in [5, 5.41) is 26.8. The first-order chi connectivity index (χ1) is 53.0. The zero-order valence-electron chi connectivity index (χ0n) is 63.1. The number of carboxylic acid groups (broad SMARTS) is 2. The number of aromatic hydroxyl groups is 1. The number of aliphatic carboxylic acids is 2. The minimum Gasteiger partial charge on any atom is -0.508 e. The molecule has 0 spiro atoms. The van der Waals surface area contributed by atoms with Gasteiger partial charge in [-0.25, -0.2) is 38.7 Å². The smallest absolute Gasteiger partial charge is 0.330 e. The number of hydrogen-bond acceptors (Lipinski definition) is 23. The normalized spacial score (nSPS) is 16.9. The highest BCUT2D eigenvalue weighted by Gasteiger charge is 2.30. The van der Waals surface area contributed by atoms with Gasteiger partial charge in [-0.3, -0.25) is 19.2 Å². The molecule has 3 aliphatic rings. The molecule has 3 N–H and O–H groups in total. The van der Waals surface area contributed by atoms with Crippen LogP contribution in [-0.2, 0) is 94.8 Å². The van der Waals surface area contributed by atoms with Gasteiger partial charge in [-0.05, 0) is 264 Å². The third-order valence-corrected chi connectivity index (χ3v) is 17.8. The number of carbonyl (C=O) groups is 8. The largest absolute Gasteiger partial charge is 0.508 e. The Hall–Kier alpha value is -9.56. The molecule has 3 aliphatic carbocycles. The highest BCUT2D eigenvalue weighted by atomic mass is 17.2. The maximum atomic E-state index is 12.7. The average Bonchev–Trinajstić information content (AvgIpc) is 0.868. The second-order valence-electron chi connectivity index (χ2n) is 26.3. The Morgan fingerprint density at radius 2 is 0.606 bits per heavy atom. The summed E-state index contributed by atoms with van der Waals surface area (Å²) < 4.78 is 52.9. The Balaban J connectivity index is 0.000000347. The van der Waals surface area contributed by atoms with Crippen molar-refractivity contribution in [2.24, 2.45) is 17.8 Å². The van der Waals surface area contributed by atoms with Crippen LogP contribution in [0.1, 0.15) is 191 Å². The van der Waals surface area contributed by atoms with Crippen molar-refractivity contribution in [1.82, 2.24) is 0 Å². The number of phenols is 1. The summed E-state index contributed by atoms with van der Waals surface area (Å²) in [5.74, 6) is -0.00781. The molecule has 0 aromatic heterocycles. The summed E-state index contributed by atoms with van der Waals surface area (Å²) in [6.07, 6.45) is 27.7. The molecule has 3 fully saturated rings. The zero-order chi connectivity index (χ0) is 78.7. The Kier molecular flexibility index (Phi) is 49.3. The van der Waals surface area contributed by atoms with Crippen molar-refractivity contribution in [1.29, 1.82) is 0 Å². The van der Waals surface area contributed by atoms with Gasteiger partial charge < -0.3 is 62.7 Å². The number of hydrogen-bond donors (Lipinski definition) is 3. The van der Waals surface area contributed by atoms with E-state index in [1.807, 2.05) is 48.5 Å². The summed E-state index contributed by atoms with van der Waals surface area (Å²) >= 11 is 0. The zero-order valence-corrected chi connectivity index (χ0v) is 63.1. The van der Waals surface area contributed by atoms with Gasteiger partial charge in [-0.1, -0.05) is 50.6 Å². The SMILES string of the molecule is C=CC(=O)OCCCCCCOc1ccc(COOC2CCC(C(=O)O)CC2)cc1.C=CC(=O)OCCCCCCOc1ccc(COOC2CCC(C(=O)Oc3ccc(OCCCCCCOC(=O)C=C)cc3)CC2)cc1.C=CC(=O)OCCCCCCOc1ccc(O)cc1.O=COC1CCC(C(=O)O)CC1. The number of unbranched alkanes of at least 4 members (excludes halogenated alkanes) is 12. The molecule has 0 bridgehead atoms. The van der Waals surface area contributed by atoms with Crippen LogP contribution >= 0.6 is 0 Å². The van der Waals surface area contributed by atoms with E-state index in [9.17, 15) is 38.4 Å². The first-order valence-electron chi connectivity index (χ1n) is 38.1. The summed E-state index contributed by atoms with van der Waals surface area (Å²) in [6, 6.07) is 29.2. The van der Waals surface area contributed by atoms with Gasteiger partial charge in [0.2, 0.25) is 0 Å². The van der Waals surface area contributed by atoms with Crippen LogP contribution in [0.15, 0.2) is 148 Å². The van der Waals surface area contributed by atoms with Gasteiger partial charge in [0.05, 0.1) is 82.8 Å². The molecule has 25 heteroatoms. The van der Waals surface area contributed by atoms with E-state index in [1.54, 1.807) is 48.5 Å². The van der Waals surface area contributed by atoms with Gasteiger partial charge >= 0.3 is 41.8 Å². The lowest BCUT2D eigenvalue weighted by atomic mass is 9.87. The molecule has 0 atom stereocenters. The molecule has 3 saturated carbocycles. The van der Waals surface area contributed by atoms with Gasteiger partial charge in [0.1, 0.15) is 53.8 Å². The van der Waals surface area contributed by atoms with Crippen LogP contribution in [0.3, 0.4) is 0 Å². The Labute approximate surface area is 641 Å². The molecule has 4 aromatic carbocycles. The molecule has 4 aromatic rings. The molecule has 25 nitrogen and oxygen atoms in total. The van der Waals surface area contributed by atoms with Crippen LogP contribution in [0.4, 0.5) is 0 Å². The molecule has 0 amide bonds. The summed E-state index contributed by atoms with van der Waals surface area (Å²) in [6.45, 7) is 18.8. The van der Waals surface area contributed by atoms with Crippen molar-refractivity contribution in [3.05, 3.63) is 159 Å². The van der Waals surface area contributed by atoms with Crippen molar-refractivity contribution in [2.45, 2.75) is 211 Å². The Morgan fingerprint density at radius 3 is 0.899 bits per heavy atom. The number of phenolic OH excluding ortho intramolecular Hbond substituents is 1. The molecule has 0 unspecified atom stereocenters. The van der Waals surface area contributed by atoms with E-state index in [0.717, 1.165) is 150 Å². The van der Waals surface area contributed by atoms with E-state index in [4.69, 9.17) is 82.2 Å². The van der Waals surface area contributed by atoms with Crippen LogP contribution < -0.4 is 23.7 Å². The predicted octanol–water partition coefficient (Wildman–Crippen LogP) is 15.9. The number of rotatable bonds is 50. The minimum atomic E-state index is -0.737. The standard InChI is InChI=1S/C38H50O10.C23H32O7.C15H20O4.C8H12O4/c1-3-36(39)44-27-11-7-5-9-25-42-32-17-13-30(14-18-32)29-46-48-35-19-15-31(16-20-35)38(41)47-34-23-21-33(22-24-34)43-26-10-6-8-12-28-45-37(40)4-2;1-2-22(24)28-16-6-4-3-5-15-27-20-11-7-18(8-12-20)17-29-30-21-13-9-19(10-14-21)23(25)26;1-2-15(17)19-12-6-4-3-5-11-18-14-9-7-13(16)8-10-14;9-5-12-7-3-1-6(2-4-7)8(10)11/h3-4,13-14,17-18,21-24,31,35H,1-2,5-12,15-16,19-20,25-29H2;2,7-8,11-12,19,21H,1,3-6,9-10,13-17H2,(H,25,26);2,7-10,16H,1,3-6,11-12H2;5-7H,1-4H2,(H,10,11). The molecule has 7 rings (SSSR count). The fraction of sp³-hybridized carbons (Fsp3) is 0.524. The summed E-state index contributed by atoms with van der Waals surface area (Å²) in [7, 11) is 0. The maximum Gasteiger partial charge on any atom is 0.330 e. The first kappa shape index (κ1) is 91.8. The molecular weight excluding hydrogens is 1410 g/mol. The molecule has 0 heterocycles. The number of carbonyl (C=O) groups excluding carboxylic acids is 6. The quantitative estimate of drug-likeness (QED) is 0.00540. The summed E-state index contributed by atoms with van der Waals surface area (Å²) in [5.41, 5.74) is 1.96. The lowest BCUT2D eigenvalue weighted by Crippen LogP contribution is -2.29. The minimum absolute atomic E-state index is 0.0303. The van der Waals surface area contributed by atoms with Crippen molar-refractivity contribution in [3.8, 4) is 34.5 Å². The van der Waals surface area contributed by atoms with Gasteiger partial charge in [0.25, 0.3) is 6.47 Å². The highest BCUT2D eigenvalue weighted by molar-refractivity contribution is 5.82. The van der Waals surface area contributed by atoms with Gasteiger partial charge in [0.15, 0.2) is 0 Å². The fourth-order valence-electron chi connectivity index (χ4n) is 11.3. The second-order valence-corrected chi connectivity index (χ2v) is 26.3.